The second-order valence-electron chi connectivity index (χ2n) is 2.27. The Morgan fingerprint density at radius 2 is 2.33 bits per heavy atom. The minimum atomic E-state index is 0.257. The Labute approximate surface area is 79.6 Å². The zero-order chi connectivity index (χ0) is 8.97. The molecule has 0 N–H and O–H groups in total. The summed E-state index contributed by atoms with van der Waals surface area (Å²) in [6, 6.07) is 0. The van der Waals surface area contributed by atoms with Crippen LogP contribution in [-0.2, 0) is 4.79 Å². The molecule has 66 valence electrons. The van der Waals surface area contributed by atoms with Crippen molar-refractivity contribution in [1.82, 2.24) is 10.2 Å². The fourth-order valence-corrected chi connectivity index (χ4v) is 2.36. The first-order valence-corrected chi connectivity index (χ1v) is 5.47. The Balaban J connectivity index is 2.38. The van der Waals surface area contributed by atoms with Gasteiger partial charge in [0, 0.05) is 6.42 Å². The van der Waals surface area contributed by atoms with Gasteiger partial charge in [0.2, 0.25) is 0 Å². The molecule has 0 amide bonds. The predicted octanol–water partition coefficient (Wildman–Crippen LogP) is 1.92. The lowest BCUT2D eigenvalue weighted by Gasteiger charge is -1.91. The lowest BCUT2D eigenvalue weighted by molar-refractivity contribution is -0.116. The summed E-state index contributed by atoms with van der Waals surface area (Å²) < 4.78 is 0.884. The van der Waals surface area contributed by atoms with Crippen LogP contribution in [0.25, 0.3) is 0 Å². The van der Waals surface area contributed by atoms with Crippen molar-refractivity contribution in [3.8, 4) is 0 Å². The van der Waals surface area contributed by atoms with Crippen LogP contribution in [0.2, 0.25) is 0 Å². The van der Waals surface area contributed by atoms with Crippen molar-refractivity contribution in [1.29, 1.82) is 0 Å². The molecule has 12 heavy (non-hydrogen) atoms. The topological polar surface area (TPSA) is 42.9 Å². The number of hydrogen-bond acceptors (Lipinski definition) is 5. The van der Waals surface area contributed by atoms with E-state index in [4.69, 9.17) is 0 Å². The average molecular weight is 202 g/mol. The van der Waals surface area contributed by atoms with E-state index in [9.17, 15) is 4.79 Å². The van der Waals surface area contributed by atoms with E-state index in [1.54, 1.807) is 0 Å². The SMILES string of the molecule is CCC(=O)CSc1nnc(C)s1. The Kier molecular flexibility index (Phi) is 3.68. The van der Waals surface area contributed by atoms with Crippen LogP contribution in [0.1, 0.15) is 18.4 Å². The first-order valence-electron chi connectivity index (χ1n) is 3.67. The average Bonchev–Trinajstić information content (AvgIpc) is 2.47. The number of aryl methyl sites for hydroxylation is 1. The van der Waals surface area contributed by atoms with E-state index in [1.165, 1.54) is 23.1 Å². The third-order valence-electron chi connectivity index (χ3n) is 1.26. The van der Waals surface area contributed by atoms with Gasteiger partial charge in [-0.2, -0.15) is 0 Å². The zero-order valence-electron chi connectivity index (χ0n) is 7.03. The monoisotopic (exact) mass is 202 g/mol. The summed E-state index contributed by atoms with van der Waals surface area (Å²) >= 11 is 3.00. The molecule has 1 heterocycles. The molecular weight excluding hydrogens is 192 g/mol. The van der Waals surface area contributed by atoms with Crippen molar-refractivity contribution in [3.05, 3.63) is 5.01 Å². The quantitative estimate of drug-likeness (QED) is 0.700. The van der Waals surface area contributed by atoms with E-state index >= 15 is 0 Å². The van der Waals surface area contributed by atoms with Crippen molar-refractivity contribution < 1.29 is 4.79 Å². The molecule has 1 rings (SSSR count). The van der Waals surface area contributed by atoms with Gasteiger partial charge in [0.15, 0.2) is 4.34 Å². The Hall–Kier alpha value is -0.420. The Bertz CT molecular complexity index is 272. The van der Waals surface area contributed by atoms with Gasteiger partial charge in [0.05, 0.1) is 5.75 Å². The van der Waals surface area contributed by atoms with Crippen molar-refractivity contribution in [2.24, 2.45) is 0 Å². The van der Waals surface area contributed by atoms with Crippen molar-refractivity contribution in [3.63, 3.8) is 0 Å². The maximum absolute atomic E-state index is 10.9. The molecule has 3 nitrogen and oxygen atoms in total. The summed E-state index contributed by atoms with van der Waals surface area (Å²) in [6.07, 6.45) is 0.602. The summed E-state index contributed by atoms with van der Waals surface area (Å²) in [5.41, 5.74) is 0. The highest BCUT2D eigenvalue weighted by molar-refractivity contribution is 8.01. The molecule has 0 spiro atoms. The first kappa shape index (κ1) is 9.67. The number of hydrogen-bond donors (Lipinski definition) is 0. The molecule has 0 aromatic carbocycles. The summed E-state index contributed by atoms with van der Waals surface area (Å²) in [5, 5.41) is 8.70. The molecule has 5 heteroatoms. The van der Waals surface area contributed by atoms with Gasteiger partial charge >= 0.3 is 0 Å². The van der Waals surface area contributed by atoms with Gasteiger partial charge in [-0.25, -0.2) is 0 Å². The van der Waals surface area contributed by atoms with Crippen molar-refractivity contribution in [2.75, 3.05) is 5.75 Å². The Morgan fingerprint density at radius 1 is 1.58 bits per heavy atom. The lowest BCUT2D eigenvalue weighted by atomic mass is 10.4. The van der Waals surface area contributed by atoms with Crippen LogP contribution in [0.3, 0.4) is 0 Å². The molecule has 0 aliphatic rings. The van der Waals surface area contributed by atoms with Crippen LogP contribution >= 0.6 is 23.1 Å². The van der Waals surface area contributed by atoms with E-state index < -0.39 is 0 Å². The fraction of sp³-hybridized carbons (Fsp3) is 0.571. The van der Waals surface area contributed by atoms with E-state index in [1.807, 2.05) is 13.8 Å². The van der Waals surface area contributed by atoms with Gasteiger partial charge in [-0.1, -0.05) is 30.0 Å². The van der Waals surface area contributed by atoms with E-state index in [2.05, 4.69) is 10.2 Å². The van der Waals surface area contributed by atoms with Crippen LogP contribution in [-0.4, -0.2) is 21.7 Å². The molecule has 0 radical (unpaired) electrons. The van der Waals surface area contributed by atoms with Crippen LogP contribution in [0, 0.1) is 6.92 Å². The highest BCUT2D eigenvalue weighted by Crippen LogP contribution is 2.21. The number of aromatic nitrogens is 2. The third-order valence-corrected chi connectivity index (χ3v) is 3.29. The number of Topliss-reactive ketones (excluding diaryl/α,β-unsaturated/α-hetero) is 1. The van der Waals surface area contributed by atoms with Gasteiger partial charge in [-0.15, -0.1) is 10.2 Å². The number of thioether (sulfide) groups is 1. The van der Waals surface area contributed by atoms with E-state index in [-0.39, 0.29) is 5.78 Å². The van der Waals surface area contributed by atoms with Crippen molar-refractivity contribution in [2.45, 2.75) is 24.6 Å². The summed E-state index contributed by atoms with van der Waals surface area (Å²) in [5.74, 6) is 0.776. The predicted molar refractivity (Wildman–Crippen MR) is 50.7 cm³/mol. The van der Waals surface area contributed by atoms with Gasteiger partial charge < -0.3 is 0 Å². The molecule has 1 aromatic heterocycles. The van der Waals surface area contributed by atoms with Crippen LogP contribution in [0.15, 0.2) is 4.34 Å². The molecule has 0 unspecified atom stereocenters. The molecule has 0 aliphatic carbocycles. The van der Waals surface area contributed by atoms with Gasteiger partial charge in [-0.05, 0) is 6.92 Å². The van der Waals surface area contributed by atoms with Gasteiger partial charge in [-0.3, -0.25) is 4.79 Å². The maximum atomic E-state index is 10.9. The summed E-state index contributed by atoms with van der Waals surface area (Å²) in [7, 11) is 0. The molecule has 1 aromatic rings. The van der Waals surface area contributed by atoms with E-state index in [0.717, 1.165) is 9.35 Å². The molecule has 0 saturated carbocycles. The lowest BCUT2D eigenvalue weighted by Crippen LogP contribution is -1.97. The minimum absolute atomic E-state index is 0.257. The molecule has 0 fully saturated rings. The Morgan fingerprint density at radius 3 is 2.83 bits per heavy atom. The minimum Gasteiger partial charge on any atom is -0.299 e. The number of nitrogens with zero attached hydrogens (tertiary/aromatic N) is 2. The molecule has 0 saturated heterocycles. The fourth-order valence-electron chi connectivity index (χ4n) is 0.581. The smallest absolute Gasteiger partial charge is 0.174 e. The molecular formula is C7H10N2OS2. The highest BCUT2D eigenvalue weighted by Gasteiger charge is 2.03. The number of carbonyl (C=O) groups is 1. The standard InChI is InChI=1S/C7H10N2OS2/c1-3-6(10)4-11-7-9-8-5(2)12-7/h3-4H2,1-2H3. The number of rotatable bonds is 4. The van der Waals surface area contributed by atoms with Crippen LogP contribution in [0.5, 0.6) is 0 Å². The molecule has 0 bridgehead atoms. The second-order valence-corrected chi connectivity index (χ2v) is 4.67. The summed E-state index contributed by atoms with van der Waals surface area (Å²) in [4.78, 5) is 10.9. The van der Waals surface area contributed by atoms with Gasteiger partial charge in [0.1, 0.15) is 10.8 Å². The number of ketones is 1. The molecule has 0 atom stereocenters. The largest absolute Gasteiger partial charge is 0.299 e. The maximum Gasteiger partial charge on any atom is 0.174 e. The van der Waals surface area contributed by atoms with Gasteiger partial charge in [0.25, 0.3) is 0 Å². The summed E-state index contributed by atoms with van der Waals surface area (Å²) in [6.45, 7) is 3.78. The van der Waals surface area contributed by atoms with Crippen molar-refractivity contribution >= 4 is 28.9 Å². The third kappa shape index (κ3) is 2.91. The number of carbonyl (C=O) groups excluding carboxylic acids is 1. The molecule has 0 aliphatic heterocycles. The zero-order valence-corrected chi connectivity index (χ0v) is 8.67. The van der Waals surface area contributed by atoms with Crippen LogP contribution in [0.4, 0.5) is 0 Å². The first-order chi connectivity index (χ1) is 5.72. The normalized spacial score (nSPS) is 10.2. The second kappa shape index (κ2) is 4.57. The van der Waals surface area contributed by atoms with E-state index in [0.29, 0.717) is 12.2 Å². The highest BCUT2D eigenvalue weighted by atomic mass is 32.2. The van der Waals surface area contributed by atoms with Crippen LogP contribution < -0.4 is 0 Å².